The van der Waals surface area contributed by atoms with Crippen LogP contribution in [0, 0.1) is 5.92 Å². The molecule has 104 valence electrons. The van der Waals surface area contributed by atoms with Crippen molar-refractivity contribution in [1.82, 2.24) is 4.90 Å². The van der Waals surface area contributed by atoms with Gasteiger partial charge >= 0.3 is 0 Å². The third-order valence-corrected chi connectivity index (χ3v) is 4.60. The largest absolute Gasteiger partial charge is 0.485 e. The van der Waals surface area contributed by atoms with Crippen molar-refractivity contribution in [2.75, 3.05) is 19.6 Å². The molecule has 1 aromatic carbocycles. The average molecular weight is 259 g/mol. The van der Waals surface area contributed by atoms with Crippen molar-refractivity contribution >= 4 is 0 Å². The van der Waals surface area contributed by atoms with Gasteiger partial charge in [0.05, 0.1) is 0 Å². The lowest BCUT2D eigenvalue weighted by atomic mass is 9.73. The summed E-state index contributed by atoms with van der Waals surface area (Å²) in [5.74, 6) is 1.92. The van der Waals surface area contributed by atoms with Crippen LogP contribution in [-0.4, -0.2) is 30.1 Å². The molecule has 5 rings (SSSR count). The van der Waals surface area contributed by atoms with Crippen LogP contribution in [0.25, 0.3) is 0 Å². The molecule has 19 heavy (non-hydrogen) atoms. The van der Waals surface area contributed by atoms with E-state index in [9.17, 15) is 0 Å². The molecule has 1 aromatic rings. The highest BCUT2D eigenvalue weighted by atomic mass is 16.5. The van der Waals surface area contributed by atoms with Crippen LogP contribution in [0.5, 0.6) is 5.75 Å². The molecule has 0 amide bonds. The summed E-state index contributed by atoms with van der Waals surface area (Å²) >= 11 is 0. The number of piperidine rings is 3. The van der Waals surface area contributed by atoms with Gasteiger partial charge in [-0.25, -0.2) is 0 Å². The first kappa shape index (κ1) is 13.0. The minimum absolute atomic E-state index is 0.125. The van der Waals surface area contributed by atoms with Gasteiger partial charge in [-0.15, -0.1) is 0 Å². The fourth-order valence-corrected chi connectivity index (χ4v) is 3.77. The Kier molecular flexibility index (Phi) is 3.53. The maximum absolute atomic E-state index is 6.33. The second-order valence-electron chi connectivity index (χ2n) is 6.21. The summed E-state index contributed by atoms with van der Waals surface area (Å²) < 4.78 is 6.33. The molecule has 3 fully saturated rings. The van der Waals surface area contributed by atoms with Crippen LogP contribution < -0.4 is 4.74 Å². The van der Waals surface area contributed by atoms with Crippen LogP contribution in [0.1, 0.15) is 38.7 Å². The Balaban J connectivity index is 0.000000339. The fraction of sp³-hybridized carbons (Fsp3) is 0.647. The van der Waals surface area contributed by atoms with Gasteiger partial charge < -0.3 is 4.74 Å². The van der Waals surface area contributed by atoms with E-state index >= 15 is 0 Å². The van der Waals surface area contributed by atoms with E-state index in [1.165, 1.54) is 37.9 Å². The smallest absolute Gasteiger partial charge is 0.129 e. The monoisotopic (exact) mass is 259 g/mol. The number of hydrogen-bond donors (Lipinski definition) is 0. The van der Waals surface area contributed by atoms with Crippen LogP contribution in [0.15, 0.2) is 24.3 Å². The molecule has 0 N–H and O–H groups in total. The topological polar surface area (TPSA) is 12.5 Å². The van der Waals surface area contributed by atoms with Gasteiger partial charge in [0, 0.05) is 18.9 Å². The molecule has 2 bridgehead atoms. The zero-order valence-electron chi connectivity index (χ0n) is 12.2. The van der Waals surface area contributed by atoms with Crippen molar-refractivity contribution in [2.24, 2.45) is 5.92 Å². The van der Waals surface area contributed by atoms with E-state index in [1.54, 1.807) is 0 Å². The summed E-state index contributed by atoms with van der Waals surface area (Å²) in [7, 11) is 0. The number of rotatable bonds is 0. The van der Waals surface area contributed by atoms with E-state index in [0.717, 1.165) is 24.6 Å². The second kappa shape index (κ2) is 5.16. The minimum atomic E-state index is 0.125. The van der Waals surface area contributed by atoms with Crippen LogP contribution in [-0.2, 0) is 6.42 Å². The maximum atomic E-state index is 6.33. The molecule has 1 atom stereocenters. The molecule has 0 aliphatic carbocycles. The molecule has 1 spiro atoms. The highest BCUT2D eigenvalue weighted by Crippen LogP contribution is 2.46. The average Bonchev–Trinajstić information content (AvgIpc) is 2.78. The molecule has 3 saturated heterocycles. The fourth-order valence-electron chi connectivity index (χ4n) is 3.77. The highest BCUT2D eigenvalue weighted by Gasteiger charge is 2.51. The summed E-state index contributed by atoms with van der Waals surface area (Å²) in [6.45, 7) is 7.96. The molecule has 0 saturated carbocycles. The van der Waals surface area contributed by atoms with E-state index in [-0.39, 0.29) is 5.60 Å². The normalized spacial score (nSPS) is 34.4. The zero-order chi connectivity index (χ0) is 13.3. The minimum Gasteiger partial charge on any atom is -0.485 e. The van der Waals surface area contributed by atoms with E-state index in [1.807, 2.05) is 0 Å². The Morgan fingerprint density at radius 1 is 1.21 bits per heavy atom. The standard InChI is InChI=1S/C14H17NO.C3H8/c1-2-4-13-11(3-1)9-14(16-13)10-15-7-5-12(14)6-8-15;1-3-2/h1-4,12H,5-10H2;3H2,1-2H3. The van der Waals surface area contributed by atoms with E-state index in [0.29, 0.717) is 0 Å². The molecule has 4 aliphatic heterocycles. The van der Waals surface area contributed by atoms with Gasteiger partial charge in [-0.2, -0.15) is 0 Å². The Morgan fingerprint density at radius 3 is 2.47 bits per heavy atom. The first-order chi connectivity index (χ1) is 9.27. The number of ether oxygens (including phenoxy) is 1. The molecule has 4 aliphatic rings. The molecule has 0 radical (unpaired) electrons. The summed E-state index contributed by atoms with van der Waals surface area (Å²) in [5.41, 5.74) is 1.54. The molecular formula is C17H25NO. The molecular weight excluding hydrogens is 234 g/mol. The second-order valence-corrected chi connectivity index (χ2v) is 6.21. The van der Waals surface area contributed by atoms with Gasteiger partial charge in [0.25, 0.3) is 0 Å². The predicted molar refractivity (Wildman–Crippen MR) is 78.6 cm³/mol. The van der Waals surface area contributed by atoms with Crippen LogP contribution in [0.3, 0.4) is 0 Å². The van der Waals surface area contributed by atoms with Crippen molar-refractivity contribution in [3.8, 4) is 5.75 Å². The van der Waals surface area contributed by atoms with Crippen molar-refractivity contribution in [3.05, 3.63) is 29.8 Å². The van der Waals surface area contributed by atoms with Gasteiger partial charge in [0.1, 0.15) is 11.4 Å². The van der Waals surface area contributed by atoms with Crippen molar-refractivity contribution in [1.29, 1.82) is 0 Å². The Labute approximate surface area is 116 Å². The zero-order valence-corrected chi connectivity index (χ0v) is 12.2. The van der Waals surface area contributed by atoms with Crippen molar-refractivity contribution in [2.45, 2.75) is 45.1 Å². The molecule has 2 nitrogen and oxygen atoms in total. The highest BCUT2D eigenvalue weighted by molar-refractivity contribution is 5.40. The predicted octanol–water partition coefficient (Wildman–Crippen LogP) is 3.50. The quantitative estimate of drug-likeness (QED) is 0.707. The third-order valence-electron chi connectivity index (χ3n) is 4.60. The van der Waals surface area contributed by atoms with Gasteiger partial charge in [-0.3, -0.25) is 4.90 Å². The van der Waals surface area contributed by atoms with E-state index in [2.05, 4.69) is 43.0 Å². The maximum Gasteiger partial charge on any atom is 0.129 e. The number of hydrogen-bond acceptors (Lipinski definition) is 2. The molecule has 2 heteroatoms. The van der Waals surface area contributed by atoms with Gasteiger partial charge in [0.2, 0.25) is 0 Å². The van der Waals surface area contributed by atoms with Crippen molar-refractivity contribution in [3.63, 3.8) is 0 Å². The van der Waals surface area contributed by atoms with E-state index in [4.69, 9.17) is 4.74 Å². The first-order valence-corrected chi connectivity index (χ1v) is 7.76. The van der Waals surface area contributed by atoms with Crippen LogP contribution in [0.4, 0.5) is 0 Å². The van der Waals surface area contributed by atoms with Gasteiger partial charge in [0.15, 0.2) is 0 Å². The van der Waals surface area contributed by atoms with Gasteiger partial charge in [-0.1, -0.05) is 38.5 Å². The van der Waals surface area contributed by atoms with Crippen LogP contribution >= 0.6 is 0 Å². The Morgan fingerprint density at radius 2 is 1.89 bits per heavy atom. The Bertz CT molecular complexity index is 410. The first-order valence-electron chi connectivity index (χ1n) is 7.76. The summed E-state index contributed by atoms with van der Waals surface area (Å²) in [4.78, 5) is 2.58. The summed E-state index contributed by atoms with van der Waals surface area (Å²) in [6.07, 6.45) is 5.03. The molecule has 1 unspecified atom stereocenters. The molecule has 4 heterocycles. The number of benzene rings is 1. The van der Waals surface area contributed by atoms with Crippen LogP contribution in [0.2, 0.25) is 0 Å². The summed E-state index contributed by atoms with van der Waals surface area (Å²) in [6, 6.07) is 8.56. The summed E-state index contributed by atoms with van der Waals surface area (Å²) in [5, 5.41) is 0. The number of nitrogens with zero attached hydrogens (tertiary/aromatic N) is 1. The van der Waals surface area contributed by atoms with Gasteiger partial charge in [-0.05, 0) is 37.6 Å². The third kappa shape index (κ3) is 2.27. The molecule has 0 aromatic heterocycles. The Hall–Kier alpha value is -1.02. The van der Waals surface area contributed by atoms with E-state index < -0.39 is 0 Å². The lowest BCUT2D eigenvalue weighted by molar-refractivity contribution is -0.0798. The lowest BCUT2D eigenvalue weighted by Crippen LogP contribution is -2.61. The number of fused-ring (bicyclic) bond motifs is 3. The SMILES string of the molecule is CCC.c1ccc2c(c1)CC1(CN3CCC1CC3)O2. The number of para-hydroxylation sites is 1. The lowest BCUT2D eigenvalue weighted by Gasteiger charge is -2.50. The van der Waals surface area contributed by atoms with Crippen molar-refractivity contribution < 1.29 is 4.74 Å².